The number of carbonyl (C=O) groups excluding carboxylic acids is 1. The number of allylic oxidation sites excluding steroid dienone is 2. The van der Waals surface area contributed by atoms with Gasteiger partial charge in [0.15, 0.2) is 5.78 Å². The van der Waals surface area contributed by atoms with Gasteiger partial charge in [0, 0.05) is 37.0 Å². The van der Waals surface area contributed by atoms with Gasteiger partial charge in [0.05, 0.1) is 0 Å². The maximum absolute atomic E-state index is 11.5. The van der Waals surface area contributed by atoms with Crippen molar-refractivity contribution in [2.45, 2.75) is 41.5 Å². The van der Waals surface area contributed by atoms with Gasteiger partial charge in [-0.25, -0.2) is 0 Å². The predicted octanol–water partition coefficient (Wildman–Crippen LogP) is 8.85. The van der Waals surface area contributed by atoms with Gasteiger partial charge in [0.2, 0.25) is 0 Å². The summed E-state index contributed by atoms with van der Waals surface area (Å²) in [4.78, 5) is 16.3. The molecule has 3 aromatic heterocycles. The second-order valence-corrected chi connectivity index (χ2v) is 14.7. The van der Waals surface area contributed by atoms with Crippen molar-refractivity contribution in [3.63, 3.8) is 0 Å². The number of benzene rings is 3. The predicted molar refractivity (Wildman–Crippen MR) is 160 cm³/mol. The van der Waals surface area contributed by atoms with E-state index in [1.165, 1.54) is 50.9 Å². The average Bonchev–Trinajstić information content (AvgIpc) is 3.16. The van der Waals surface area contributed by atoms with Crippen LogP contribution in [0, 0.1) is 16.9 Å². The van der Waals surface area contributed by atoms with Crippen LogP contribution in [0.25, 0.3) is 50.4 Å². The Balaban J connectivity index is 0.000000209. The molecule has 6 aromatic rings. The van der Waals surface area contributed by atoms with Crippen LogP contribution in [-0.4, -0.2) is 30.4 Å². The molecular formula is C32H30IrNO2SSe-. The van der Waals surface area contributed by atoms with Crippen LogP contribution in [0.3, 0.4) is 0 Å². The quantitative estimate of drug-likeness (QED) is 0.0789. The summed E-state index contributed by atoms with van der Waals surface area (Å²) in [6.07, 6.45) is 3.28. The van der Waals surface area contributed by atoms with E-state index < -0.39 is 5.41 Å². The molecule has 3 nitrogen and oxygen atoms in total. The van der Waals surface area contributed by atoms with Crippen molar-refractivity contribution in [3.8, 4) is 0 Å². The third-order valence-electron chi connectivity index (χ3n) is 6.36. The molecule has 0 amide bonds. The first-order chi connectivity index (χ1) is 17.4. The van der Waals surface area contributed by atoms with E-state index in [9.17, 15) is 9.90 Å². The molecule has 1 radical (unpaired) electrons. The summed E-state index contributed by atoms with van der Waals surface area (Å²) >= 11 is 2.14. The summed E-state index contributed by atoms with van der Waals surface area (Å²) in [5, 5.41) is 15.9. The molecule has 6 heteroatoms. The number of hydrogen-bond donors (Lipinski definition) is 1. The summed E-state index contributed by atoms with van der Waals surface area (Å²) in [6.45, 7) is 11.1. The fourth-order valence-corrected chi connectivity index (χ4v) is 7.74. The van der Waals surface area contributed by atoms with E-state index in [-0.39, 0.29) is 51.6 Å². The number of aromatic nitrogens is 1. The number of rotatable bonds is 1. The van der Waals surface area contributed by atoms with E-state index in [4.69, 9.17) is 4.98 Å². The second kappa shape index (κ2) is 10.7. The van der Waals surface area contributed by atoms with Gasteiger partial charge in [-0.3, -0.25) is 4.79 Å². The fourth-order valence-electron chi connectivity index (χ4n) is 4.08. The van der Waals surface area contributed by atoms with Gasteiger partial charge in [-0.2, -0.15) is 0 Å². The number of hydrogen-bond acceptors (Lipinski definition) is 4. The molecular weight excluding hydrogens is 734 g/mol. The Kier molecular flexibility index (Phi) is 8.06. The molecule has 0 saturated heterocycles. The third-order valence-corrected chi connectivity index (χ3v) is 9.79. The SMILES string of the molecule is CC(C)(C)C(=O)/C=C(\O)C(C)(C)C.[Ir].[c-]1c2ccccc2cc2[se]c3cccc4sc5ccnc(c12)c5c43. The van der Waals surface area contributed by atoms with Crippen LogP contribution in [-0.2, 0) is 24.9 Å². The number of aliphatic hydroxyl groups excluding tert-OH is 1. The van der Waals surface area contributed by atoms with Crippen LogP contribution in [0.2, 0.25) is 0 Å². The zero-order chi connectivity index (χ0) is 26.5. The Morgan fingerprint density at radius 3 is 2.34 bits per heavy atom. The first-order valence-electron chi connectivity index (χ1n) is 12.3. The van der Waals surface area contributed by atoms with Crippen LogP contribution in [0.4, 0.5) is 0 Å². The molecule has 0 saturated carbocycles. The van der Waals surface area contributed by atoms with Crippen molar-refractivity contribution in [3.05, 3.63) is 78.7 Å². The van der Waals surface area contributed by atoms with Crippen molar-refractivity contribution in [1.82, 2.24) is 4.98 Å². The Morgan fingerprint density at radius 2 is 1.63 bits per heavy atom. The van der Waals surface area contributed by atoms with Gasteiger partial charge in [-0.15, -0.1) is 0 Å². The van der Waals surface area contributed by atoms with Gasteiger partial charge in [0.1, 0.15) is 5.76 Å². The number of carbonyl (C=O) groups is 1. The average molecular weight is 764 g/mol. The van der Waals surface area contributed by atoms with E-state index in [1.807, 2.05) is 59.1 Å². The molecule has 0 bridgehead atoms. The van der Waals surface area contributed by atoms with Crippen molar-refractivity contribution in [1.29, 1.82) is 0 Å². The molecule has 0 aliphatic rings. The molecule has 0 aliphatic carbocycles. The minimum absolute atomic E-state index is 0. The van der Waals surface area contributed by atoms with E-state index in [0.29, 0.717) is 0 Å². The van der Waals surface area contributed by atoms with Crippen molar-refractivity contribution >= 4 is 82.0 Å². The Morgan fingerprint density at radius 1 is 0.921 bits per heavy atom. The van der Waals surface area contributed by atoms with Gasteiger partial charge in [-0.1, -0.05) is 41.5 Å². The van der Waals surface area contributed by atoms with Crippen LogP contribution >= 0.6 is 11.3 Å². The molecule has 1 N–H and O–H groups in total. The second-order valence-electron chi connectivity index (χ2n) is 11.4. The van der Waals surface area contributed by atoms with Crippen LogP contribution < -0.4 is 0 Å². The number of aliphatic hydroxyl groups is 1. The van der Waals surface area contributed by atoms with Crippen LogP contribution in [0.1, 0.15) is 41.5 Å². The molecule has 38 heavy (non-hydrogen) atoms. The molecule has 6 rings (SSSR count). The number of ketones is 1. The molecule has 3 aromatic carbocycles. The Bertz CT molecular complexity index is 1830. The van der Waals surface area contributed by atoms with Gasteiger partial charge in [0.25, 0.3) is 0 Å². The van der Waals surface area contributed by atoms with E-state index >= 15 is 0 Å². The molecule has 0 spiro atoms. The number of nitrogens with zero attached hydrogens (tertiary/aromatic N) is 1. The standard InChI is InChI=1S/C21H10NSSe.C11H20O2.Ir/c1-2-5-13-11-18-14(10-12(13)4-1)21-20-16(8-9-22-21)23-15-6-3-7-17(24-18)19(15)20;1-10(2,3)8(12)7-9(13)11(4,5)6;/h1-9,11H;7,12H,1-6H3;/q-1;;/b;8-7-;. The first-order valence-corrected chi connectivity index (χ1v) is 14.9. The number of pyridine rings is 1. The zero-order valence-corrected chi connectivity index (χ0v) is 27.2. The summed E-state index contributed by atoms with van der Waals surface area (Å²) in [7, 11) is 0. The minimum atomic E-state index is -0.417. The topological polar surface area (TPSA) is 50.2 Å². The van der Waals surface area contributed by atoms with Gasteiger partial charge >= 0.3 is 148 Å². The van der Waals surface area contributed by atoms with Crippen molar-refractivity contribution in [2.75, 3.05) is 0 Å². The fraction of sp³-hybridized carbons (Fsp3) is 0.250. The Hall–Kier alpha value is -2.33. The molecule has 0 atom stereocenters. The monoisotopic (exact) mass is 765 g/mol. The summed E-state index contributed by atoms with van der Waals surface area (Å²) in [5.74, 6) is 0.104. The molecule has 197 valence electrons. The van der Waals surface area contributed by atoms with Crippen molar-refractivity contribution in [2.24, 2.45) is 10.8 Å². The van der Waals surface area contributed by atoms with E-state index in [2.05, 4.69) is 60.7 Å². The first kappa shape index (κ1) is 28.7. The Labute approximate surface area is 246 Å². The van der Waals surface area contributed by atoms with Crippen LogP contribution in [0.5, 0.6) is 0 Å². The molecule has 3 heterocycles. The van der Waals surface area contributed by atoms with E-state index in [0.717, 1.165) is 5.52 Å². The van der Waals surface area contributed by atoms with Crippen molar-refractivity contribution < 1.29 is 30.0 Å². The zero-order valence-electron chi connectivity index (χ0n) is 22.3. The third kappa shape index (κ3) is 5.52. The van der Waals surface area contributed by atoms with Gasteiger partial charge in [-0.05, 0) is 0 Å². The van der Waals surface area contributed by atoms with E-state index in [1.54, 1.807) is 0 Å². The molecule has 0 unspecified atom stereocenters. The van der Waals surface area contributed by atoms with Crippen LogP contribution in [0.15, 0.2) is 72.6 Å². The van der Waals surface area contributed by atoms with Gasteiger partial charge < -0.3 is 5.11 Å². The number of thiophene rings is 1. The normalized spacial score (nSPS) is 12.6. The molecule has 0 fully saturated rings. The summed E-state index contributed by atoms with van der Waals surface area (Å²) in [5.41, 5.74) is 0.339. The number of fused-ring (bicyclic) bond motifs is 3. The maximum atomic E-state index is 11.5. The summed E-state index contributed by atoms with van der Waals surface area (Å²) in [6, 6.07) is 23.4. The molecule has 0 aliphatic heterocycles. The summed E-state index contributed by atoms with van der Waals surface area (Å²) < 4.78 is 5.54.